The molecule has 0 saturated carbocycles. The summed E-state index contributed by atoms with van der Waals surface area (Å²) in [5.74, 6) is 0.663. The van der Waals surface area contributed by atoms with E-state index in [0.29, 0.717) is 29.2 Å². The first-order valence-corrected chi connectivity index (χ1v) is 7.53. The summed E-state index contributed by atoms with van der Waals surface area (Å²) in [6, 6.07) is 5.53. The van der Waals surface area contributed by atoms with Gasteiger partial charge in [0.1, 0.15) is 6.33 Å². The van der Waals surface area contributed by atoms with Crippen LogP contribution in [0.4, 0.5) is 5.69 Å². The third-order valence-corrected chi connectivity index (χ3v) is 3.41. The summed E-state index contributed by atoms with van der Waals surface area (Å²) in [5.41, 5.74) is 9.63. The normalized spacial score (nSPS) is 11.8. The minimum absolute atomic E-state index is 0.460. The molecule has 0 amide bonds. The molecule has 1 heterocycles. The molecule has 1 aromatic heterocycles. The molecular weight excluding hydrogens is 288 g/mol. The highest BCUT2D eigenvalue weighted by atomic mass is 15.2. The van der Waals surface area contributed by atoms with Gasteiger partial charge in [-0.15, -0.1) is 0 Å². The van der Waals surface area contributed by atoms with E-state index in [0.717, 1.165) is 17.7 Å². The molecule has 6 nitrogen and oxygen atoms in total. The van der Waals surface area contributed by atoms with Gasteiger partial charge in [-0.2, -0.15) is 5.10 Å². The van der Waals surface area contributed by atoms with Crippen molar-refractivity contribution < 1.29 is 0 Å². The lowest BCUT2D eigenvalue weighted by Crippen LogP contribution is -2.07. The smallest absolute Gasteiger partial charge is 0.155 e. The van der Waals surface area contributed by atoms with Crippen LogP contribution in [0.5, 0.6) is 0 Å². The van der Waals surface area contributed by atoms with Crippen molar-refractivity contribution in [1.82, 2.24) is 20.5 Å². The zero-order valence-electron chi connectivity index (χ0n) is 13.4. The van der Waals surface area contributed by atoms with Crippen LogP contribution in [0.3, 0.4) is 0 Å². The molecule has 6 heteroatoms. The lowest BCUT2D eigenvalue weighted by Gasteiger charge is -2.08. The largest absolute Gasteiger partial charge is 0.398 e. The highest BCUT2D eigenvalue weighted by Gasteiger charge is 2.09. The predicted molar refractivity (Wildman–Crippen MR) is 94.3 cm³/mol. The first-order chi connectivity index (χ1) is 11.2. The van der Waals surface area contributed by atoms with Crippen molar-refractivity contribution in [2.24, 2.45) is 0 Å². The van der Waals surface area contributed by atoms with Gasteiger partial charge in [0.15, 0.2) is 5.82 Å². The Morgan fingerprint density at radius 1 is 1.43 bits per heavy atom. The summed E-state index contributed by atoms with van der Waals surface area (Å²) in [6.07, 6.45) is 9.00. The van der Waals surface area contributed by atoms with Crippen molar-refractivity contribution >= 4 is 11.4 Å². The number of hydrogen-bond acceptors (Lipinski definition) is 5. The van der Waals surface area contributed by atoms with Gasteiger partial charge in [0.25, 0.3) is 0 Å². The molecule has 0 aliphatic rings. The zero-order chi connectivity index (χ0) is 16.7. The molecule has 2 aromatic rings. The van der Waals surface area contributed by atoms with Gasteiger partial charge in [-0.05, 0) is 30.7 Å². The molecule has 120 valence electrons. The van der Waals surface area contributed by atoms with Gasteiger partial charge in [-0.3, -0.25) is 5.10 Å². The average Bonchev–Trinajstić information content (AvgIpc) is 3.09. The van der Waals surface area contributed by atoms with Crippen LogP contribution in [0.15, 0.2) is 48.5 Å². The molecule has 0 spiro atoms. The first-order valence-electron chi connectivity index (χ1n) is 7.53. The van der Waals surface area contributed by atoms with E-state index in [-0.39, 0.29) is 0 Å². The summed E-state index contributed by atoms with van der Waals surface area (Å²) in [6.45, 7) is 2.08. The fourth-order valence-corrected chi connectivity index (χ4v) is 2.13. The van der Waals surface area contributed by atoms with Gasteiger partial charge >= 0.3 is 0 Å². The van der Waals surface area contributed by atoms with Gasteiger partial charge in [0.05, 0.1) is 0 Å². The second-order valence-corrected chi connectivity index (χ2v) is 5.04. The lowest BCUT2D eigenvalue weighted by molar-refractivity contribution is 1.02. The third kappa shape index (κ3) is 4.29. The van der Waals surface area contributed by atoms with E-state index in [2.05, 4.69) is 33.5 Å². The standard InChI is InChI=1S/C17H22N6/c1-3-4-5-13(20-2)7-9-16(19)14-10-12(6-8-15(14)18)17-21-11-22-23-17/h4-8,10-11,19-20H,3,9,18H2,1-2H3,(H,21,22,23)/b5-4-,13-7+,19-16?. The van der Waals surface area contributed by atoms with Gasteiger partial charge in [0, 0.05) is 41.7 Å². The van der Waals surface area contributed by atoms with Gasteiger partial charge in [0.2, 0.25) is 0 Å². The third-order valence-electron chi connectivity index (χ3n) is 3.41. The maximum atomic E-state index is 8.32. The number of nitrogen functional groups attached to an aromatic ring is 1. The Labute approximate surface area is 136 Å². The Bertz CT molecular complexity index is 713. The van der Waals surface area contributed by atoms with Gasteiger partial charge in [-0.1, -0.05) is 19.1 Å². The Hall–Kier alpha value is -2.89. The lowest BCUT2D eigenvalue weighted by atomic mass is 10.0. The minimum Gasteiger partial charge on any atom is -0.398 e. The molecule has 5 N–H and O–H groups in total. The highest BCUT2D eigenvalue weighted by Crippen LogP contribution is 2.22. The number of aromatic amines is 1. The molecule has 0 unspecified atom stereocenters. The summed E-state index contributed by atoms with van der Waals surface area (Å²) in [5, 5.41) is 18.1. The van der Waals surface area contributed by atoms with Crippen LogP contribution >= 0.6 is 0 Å². The number of nitrogens with one attached hydrogen (secondary N) is 3. The number of aromatic nitrogens is 3. The molecule has 0 radical (unpaired) electrons. The summed E-state index contributed by atoms with van der Waals surface area (Å²) in [7, 11) is 1.87. The Morgan fingerprint density at radius 2 is 2.26 bits per heavy atom. The number of anilines is 1. The monoisotopic (exact) mass is 310 g/mol. The van der Waals surface area contributed by atoms with Crippen molar-refractivity contribution in [3.05, 3.63) is 54.0 Å². The van der Waals surface area contributed by atoms with E-state index in [9.17, 15) is 0 Å². The summed E-state index contributed by atoms with van der Waals surface area (Å²) in [4.78, 5) is 4.13. The van der Waals surface area contributed by atoms with Crippen molar-refractivity contribution in [1.29, 1.82) is 5.41 Å². The molecule has 2 rings (SSSR count). The number of allylic oxidation sites excluding steroid dienone is 3. The van der Waals surface area contributed by atoms with E-state index in [4.69, 9.17) is 11.1 Å². The molecular formula is C17H22N6. The fourth-order valence-electron chi connectivity index (χ4n) is 2.13. The molecule has 0 atom stereocenters. The fraction of sp³-hybridized carbons (Fsp3) is 0.235. The second-order valence-electron chi connectivity index (χ2n) is 5.04. The highest BCUT2D eigenvalue weighted by molar-refractivity contribution is 6.04. The Morgan fingerprint density at radius 3 is 2.91 bits per heavy atom. The van der Waals surface area contributed by atoms with Crippen LogP contribution < -0.4 is 11.1 Å². The number of H-pyrrole nitrogens is 1. The van der Waals surface area contributed by atoms with Crippen LogP contribution in [0.25, 0.3) is 11.4 Å². The maximum absolute atomic E-state index is 8.32. The van der Waals surface area contributed by atoms with Crippen molar-refractivity contribution in [3.8, 4) is 11.4 Å². The SMILES string of the molecule is CC/C=C\C(=C/CC(=N)c1cc(-c2ncn[nH]2)ccc1N)NC. The molecule has 0 aliphatic carbocycles. The minimum atomic E-state index is 0.460. The van der Waals surface area contributed by atoms with Crippen LogP contribution in [-0.2, 0) is 0 Å². The first kappa shape index (κ1) is 16.5. The summed E-state index contributed by atoms with van der Waals surface area (Å²) < 4.78 is 0. The number of rotatable bonds is 7. The molecule has 0 aliphatic heterocycles. The Balaban J connectivity index is 2.20. The average molecular weight is 310 g/mol. The molecule has 1 aromatic carbocycles. The summed E-state index contributed by atoms with van der Waals surface area (Å²) >= 11 is 0. The number of nitrogens with zero attached hydrogens (tertiary/aromatic N) is 2. The van der Waals surface area contributed by atoms with E-state index >= 15 is 0 Å². The van der Waals surface area contributed by atoms with Gasteiger partial charge in [-0.25, -0.2) is 4.98 Å². The van der Waals surface area contributed by atoms with E-state index < -0.39 is 0 Å². The van der Waals surface area contributed by atoms with Crippen LogP contribution in [-0.4, -0.2) is 27.9 Å². The van der Waals surface area contributed by atoms with Crippen molar-refractivity contribution in [2.75, 3.05) is 12.8 Å². The topological polar surface area (TPSA) is 103 Å². The van der Waals surface area contributed by atoms with E-state index in [1.54, 1.807) is 6.07 Å². The van der Waals surface area contributed by atoms with E-state index in [1.807, 2.05) is 31.3 Å². The van der Waals surface area contributed by atoms with Crippen LogP contribution in [0, 0.1) is 5.41 Å². The maximum Gasteiger partial charge on any atom is 0.155 e. The molecule has 0 bridgehead atoms. The number of hydrogen-bond donors (Lipinski definition) is 4. The van der Waals surface area contributed by atoms with Crippen molar-refractivity contribution in [2.45, 2.75) is 19.8 Å². The van der Waals surface area contributed by atoms with Crippen LogP contribution in [0.2, 0.25) is 0 Å². The van der Waals surface area contributed by atoms with E-state index in [1.165, 1.54) is 6.33 Å². The van der Waals surface area contributed by atoms with Crippen molar-refractivity contribution in [3.63, 3.8) is 0 Å². The number of nitrogens with two attached hydrogens (primary N) is 1. The molecule has 0 fully saturated rings. The second kappa shape index (κ2) is 7.93. The quantitative estimate of drug-likeness (QED) is 0.358. The van der Waals surface area contributed by atoms with Gasteiger partial charge < -0.3 is 16.5 Å². The zero-order valence-corrected chi connectivity index (χ0v) is 13.4. The Kier molecular flexibility index (Phi) is 5.68. The molecule has 23 heavy (non-hydrogen) atoms. The number of likely N-dealkylation sites (N-methyl/N-ethyl adjacent to an activating group) is 1. The van der Waals surface area contributed by atoms with Crippen LogP contribution in [0.1, 0.15) is 25.3 Å². The number of benzene rings is 1. The predicted octanol–water partition coefficient (Wildman–Crippen LogP) is 2.88. The molecule has 0 saturated heterocycles.